The molecule has 0 bridgehead atoms. The molecule has 1 atom stereocenters. The number of carbonyl (C=O) groups excluding carboxylic acids is 1. The van der Waals surface area contributed by atoms with Crippen molar-refractivity contribution >= 4 is 29.0 Å². The first-order chi connectivity index (χ1) is 12.1. The highest BCUT2D eigenvalue weighted by atomic mass is 32.2. The summed E-state index contributed by atoms with van der Waals surface area (Å²) in [6, 6.07) is 14.5. The molecular formula is C18H20N4OS2. The molecule has 2 aromatic heterocycles. The van der Waals surface area contributed by atoms with Crippen LogP contribution in [0.3, 0.4) is 0 Å². The molecule has 2 N–H and O–H groups in total. The van der Waals surface area contributed by atoms with E-state index in [-0.39, 0.29) is 11.2 Å². The summed E-state index contributed by atoms with van der Waals surface area (Å²) in [5.41, 5.74) is 6.66. The van der Waals surface area contributed by atoms with Gasteiger partial charge in [-0.05, 0) is 30.4 Å². The Balaban J connectivity index is 1.81. The number of thioether (sulfide) groups is 1. The molecule has 0 saturated carbocycles. The molecule has 2 heterocycles. The summed E-state index contributed by atoms with van der Waals surface area (Å²) in [7, 11) is 0. The number of thiophene rings is 1. The van der Waals surface area contributed by atoms with Crippen LogP contribution in [-0.2, 0) is 24.2 Å². The molecular weight excluding hydrogens is 352 g/mol. The maximum atomic E-state index is 11.4. The molecule has 7 heteroatoms. The summed E-state index contributed by atoms with van der Waals surface area (Å²) in [5.74, 6) is 0.569. The van der Waals surface area contributed by atoms with Crippen LogP contribution in [0.15, 0.2) is 53.0 Å². The van der Waals surface area contributed by atoms with Crippen LogP contribution in [0.5, 0.6) is 0 Å². The van der Waals surface area contributed by atoms with Gasteiger partial charge in [-0.25, -0.2) is 0 Å². The summed E-state index contributed by atoms with van der Waals surface area (Å²) in [4.78, 5) is 12.6. The summed E-state index contributed by atoms with van der Waals surface area (Å²) in [6.07, 6.45) is 1.62. The number of carbonyl (C=O) groups is 1. The largest absolute Gasteiger partial charge is 0.369 e. The zero-order chi connectivity index (χ0) is 17.6. The number of nitrogens with zero attached hydrogens (tertiary/aromatic N) is 3. The molecule has 0 spiro atoms. The van der Waals surface area contributed by atoms with Gasteiger partial charge in [0.15, 0.2) is 5.16 Å². The predicted octanol–water partition coefficient (Wildman–Crippen LogP) is 3.14. The lowest BCUT2D eigenvalue weighted by molar-refractivity contribution is -0.117. The molecule has 3 aromatic rings. The van der Waals surface area contributed by atoms with Gasteiger partial charge < -0.3 is 10.3 Å². The number of hydrogen-bond donors (Lipinski definition) is 1. The molecule has 5 nitrogen and oxygen atoms in total. The van der Waals surface area contributed by atoms with Gasteiger partial charge in [0.25, 0.3) is 0 Å². The highest BCUT2D eigenvalue weighted by molar-refractivity contribution is 8.00. The van der Waals surface area contributed by atoms with E-state index in [1.807, 2.05) is 24.3 Å². The maximum Gasteiger partial charge on any atom is 0.230 e. The van der Waals surface area contributed by atoms with Gasteiger partial charge in [-0.1, -0.05) is 48.2 Å². The number of aryl methyl sites for hydroxylation is 1. The fourth-order valence-corrected chi connectivity index (χ4v) is 3.98. The number of amides is 1. The van der Waals surface area contributed by atoms with E-state index in [9.17, 15) is 4.79 Å². The summed E-state index contributed by atoms with van der Waals surface area (Å²) in [5, 5.41) is 11.1. The average molecular weight is 373 g/mol. The minimum Gasteiger partial charge on any atom is -0.369 e. The monoisotopic (exact) mass is 372 g/mol. The van der Waals surface area contributed by atoms with Crippen molar-refractivity contribution in [2.45, 2.75) is 36.7 Å². The Bertz CT molecular complexity index is 815. The number of rotatable bonds is 8. The quantitative estimate of drug-likeness (QED) is 0.617. The van der Waals surface area contributed by atoms with Crippen LogP contribution in [0.25, 0.3) is 0 Å². The molecule has 130 valence electrons. The molecule has 0 radical (unpaired) electrons. The van der Waals surface area contributed by atoms with E-state index in [4.69, 9.17) is 5.73 Å². The summed E-state index contributed by atoms with van der Waals surface area (Å²) in [6.45, 7) is 2.56. The van der Waals surface area contributed by atoms with Gasteiger partial charge in [0.05, 0.1) is 5.25 Å². The van der Waals surface area contributed by atoms with Gasteiger partial charge in [0, 0.05) is 17.8 Å². The predicted molar refractivity (Wildman–Crippen MR) is 102 cm³/mol. The topological polar surface area (TPSA) is 73.8 Å². The van der Waals surface area contributed by atoms with Crippen LogP contribution in [0.4, 0.5) is 0 Å². The van der Waals surface area contributed by atoms with Gasteiger partial charge in [-0.15, -0.1) is 21.5 Å². The van der Waals surface area contributed by atoms with Crippen LogP contribution in [0.2, 0.25) is 0 Å². The molecule has 0 saturated heterocycles. The van der Waals surface area contributed by atoms with Crippen LogP contribution in [-0.4, -0.2) is 25.9 Å². The minimum absolute atomic E-state index is 0.339. The van der Waals surface area contributed by atoms with E-state index in [0.717, 1.165) is 30.4 Å². The molecule has 0 fully saturated rings. The van der Waals surface area contributed by atoms with Gasteiger partial charge in [-0.2, -0.15) is 0 Å². The first-order valence-corrected chi connectivity index (χ1v) is 9.84. The van der Waals surface area contributed by atoms with Crippen molar-refractivity contribution in [3.05, 3.63) is 64.1 Å². The van der Waals surface area contributed by atoms with Crippen molar-refractivity contribution < 1.29 is 4.79 Å². The summed E-state index contributed by atoms with van der Waals surface area (Å²) >= 11 is 3.07. The second-order valence-corrected chi connectivity index (χ2v) is 8.04. The van der Waals surface area contributed by atoms with E-state index in [0.29, 0.717) is 0 Å². The Morgan fingerprint density at radius 2 is 2.04 bits per heavy atom. The lowest BCUT2D eigenvalue weighted by Gasteiger charge is -2.11. The SMILES string of the molecule is CC(Sc1nnc(Cc2cccs2)n1CCc1ccccc1)C(N)=O. The zero-order valence-corrected chi connectivity index (χ0v) is 15.6. The lowest BCUT2D eigenvalue weighted by Crippen LogP contribution is -2.23. The Hall–Kier alpha value is -2.12. The number of benzene rings is 1. The van der Waals surface area contributed by atoms with Crippen molar-refractivity contribution in [2.24, 2.45) is 5.73 Å². The third-order valence-electron chi connectivity index (χ3n) is 3.86. The molecule has 1 aromatic carbocycles. The fourth-order valence-electron chi connectivity index (χ4n) is 2.43. The number of nitrogens with two attached hydrogens (primary N) is 1. The fraction of sp³-hybridized carbons (Fsp3) is 0.278. The highest BCUT2D eigenvalue weighted by Crippen LogP contribution is 2.24. The van der Waals surface area contributed by atoms with Crippen molar-refractivity contribution in [3.63, 3.8) is 0 Å². The first-order valence-electron chi connectivity index (χ1n) is 8.08. The van der Waals surface area contributed by atoms with E-state index in [2.05, 4.69) is 38.3 Å². The number of aromatic nitrogens is 3. The van der Waals surface area contributed by atoms with Crippen molar-refractivity contribution in [1.29, 1.82) is 0 Å². The van der Waals surface area contributed by atoms with E-state index in [1.54, 1.807) is 18.3 Å². The van der Waals surface area contributed by atoms with Crippen molar-refractivity contribution in [1.82, 2.24) is 14.8 Å². The molecule has 1 unspecified atom stereocenters. The Morgan fingerprint density at radius 1 is 1.24 bits per heavy atom. The van der Waals surface area contributed by atoms with Crippen LogP contribution < -0.4 is 5.73 Å². The van der Waals surface area contributed by atoms with E-state index < -0.39 is 0 Å². The highest BCUT2D eigenvalue weighted by Gasteiger charge is 2.18. The van der Waals surface area contributed by atoms with Gasteiger partial charge in [-0.3, -0.25) is 4.79 Å². The lowest BCUT2D eigenvalue weighted by atomic mass is 10.1. The van der Waals surface area contributed by atoms with Gasteiger partial charge >= 0.3 is 0 Å². The van der Waals surface area contributed by atoms with E-state index in [1.165, 1.54) is 22.2 Å². The molecule has 0 aliphatic rings. The molecule has 0 aliphatic carbocycles. The molecule has 25 heavy (non-hydrogen) atoms. The minimum atomic E-state index is -0.345. The maximum absolute atomic E-state index is 11.4. The Kier molecular flexibility index (Phi) is 5.88. The van der Waals surface area contributed by atoms with Crippen LogP contribution >= 0.6 is 23.1 Å². The van der Waals surface area contributed by atoms with Crippen LogP contribution in [0, 0.1) is 0 Å². The molecule has 3 rings (SSSR count). The average Bonchev–Trinajstić information content (AvgIpc) is 3.25. The normalized spacial score (nSPS) is 12.2. The van der Waals surface area contributed by atoms with E-state index >= 15 is 0 Å². The van der Waals surface area contributed by atoms with Gasteiger partial charge in [0.2, 0.25) is 5.91 Å². The number of hydrogen-bond acceptors (Lipinski definition) is 5. The van der Waals surface area contributed by atoms with Crippen LogP contribution in [0.1, 0.15) is 23.2 Å². The third-order valence-corrected chi connectivity index (χ3v) is 5.83. The van der Waals surface area contributed by atoms with Crippen molar-refractivity contribution in [3.8, 4) is 0 Å². The Labute approximate surface area is 155 Å². The number of primary amides is 1. The van der Waals surface area contributed by atoms with Crippen molar-refractivity contribution in [2.75, 3.05) is 0 Å². The standard InChI is InChI=1S/C18H20N4OS2/c1-13(17(19)23)25-18-21-20-16(12-15-8-5-11-24-15)22(18)10-9-14-6-3-2-4-7-14/h2-8,11,13H,9-10,12H2,1H3,(H2,19,23). The first kappa shape index (κ1) is 17.7. The molecule has 0 aliphatic heterocycles. The smallest absolute Gasteiger partial charge is 0.230 e. The summed E-state index contributed by atoms with van der Waals surface area (Å²) < 4.78 is 2.11. The Morgan fingerprint density at radius 3 is 2.72 bits per heavy atom. The second-order valence-electron chi connectivity index (χ2n) is 5.70. The second kappa shape index (κ2) is 8.31. The third kappa shape index (κ3) is 4.70. The zero-order valence-electron chi connectivity index (χ0n) is 14.0. The molecule has 1 amide bonds. The van der Waals surface area contributed by atoms with Gasteiger partial charge in [0.1, 0.15) is 5.82 Å².